The molecule has 1 rings (SSSR count). The summed E-state index contributed by atoms with van der Waals surface area (Å²) in [6, 6.07) is 5.84. The zero-order chi connectivity index (χ0) is 14.3. The van der Waals surface area contributed by atoms with E-state index in [-0.39, 0.29) is 22.7 Å². The monoisotopic (exact) mass is 282 g/mol. The molecule has 1 N–H and O–H groups in total. The fourth-order valence-corrected chi connectivity index (χ4v) is 1.52. The maximum atomic E-state index is 13.5. The molecule has 0 aromatic heterocycles. The zero-order valence-electron chi connectivity index (χ0n) is 10.2. The molecule has 0 fully saturated rings. The number of halogens is 2. The van der Waals surface area contributed by atoms with Crippen molar-refractivity contribution in [1.82, 2.24) is 5.32 Å². The van der Waals surface area contributed by atoms with Gasteiger partial charge in [0, 0.05) is 19.2 Å². The van der Waals surface area contributed by atoms with Gasteiger partial charge in [-0.15, -0.1) is 0 Å². The Morgan fingerprint density at radius 1 is 1.63 bits per heavy atom. The number of nitrogens with zero attached hydrogens (tertiary/aromatic N) is 1. The molecular weight excluding hydrogens is 271 g/mol. The van der Waals surface area contributed by atoms with Crippen molar-refractivity contribution < 1.29 is 13.9 Å². The number of benzene rings is 1. The Balaban J connectivity index is 2.94. The number of methoxy groups -OCH3 is 1. The summed E-state index contributed by atoms with van der Waals surface area (Å²) in [6.07, 6.45) is 1.12. The van der Waals surface area contributed by atoms with Crippen LogP contribution in [0.15, 0.2) is 23.8 Å². The SMILES string of the molecule is COCCNC(=O)C(C#N)=Cc1c(F)cccc1Cl. The second kappa shape index (κ2) is 7.52. The highest BCUT2D eigenvalue weighted by Gasteiger charge is 2.11. The lowest BCUT2D eigenvalue weighted by Gasteiger charge is -2.04. The van der Waals surface area contributed by atoms with Crippen molar-refractivity contribution in [2.75, 3.05) is 20.3 Å². The van der Waals surface area contributed by atoms with Gasteiger partial charge in [0.05, 0.1) is 11.6 Å². The van der Waals surface area contributed by atoms with Crippen molar-refractivity contribution in [3.8, 4) is 6.07 Å². The second-order valence-electron chi connectivity index (χ2n) is 3.55. The van der Waals surface area contributed by atoms with Crippen LogP contribution in [-0.4, -0.2) is 26.2 Å². The van der Waals surface area contributed by atoms with Crippen molar-refractivity contribution in [3.05, 3.63) is 40.2 Å². The summed E-state index contributed by atoms with van der Waals surface area (Å²) in [5.41, 5.74) is -0.203. The van der Waals surface area contributed by atoms with Gasteiger partial charge in [-0.1, -0.05) is 17.7 Å². The fourth-order valence-electron chi connectivity index (χ4n) is 1.30. The first-order chi connectivity index (χ1) is 9.10. The van der Waals surface area contributed by atoms with Gasteiger partial charge in [0.15, 0.2) is 0 Å². The van der Waals surface area contributed by atoms with Crippen LogP contribution in [-0.2, 0) is 9.53 Å². The zero-order valence-corrected chi connectivity index (χ0v) is 11.0. The molecule has 0 aliphatic rings. The Labute approximate surface area is 115 Å². The Kier molecular flexibility index (Phi) is 6.00. The molecule has 100 valence electrons. The highest BCUT2D eigenvalue weighted by Crippen LogP contribution is 2.21. The molecule has 0 aliphatic carbocycles. The molecule has 0 unspecified atom stereocenters. The highest BCUT2D eigenvalue weighted by molar-refractivity contribution is 6.32. The normalized spacial score (nSPS) is 10.9. The van der Waals surface area contributed by atoms with E-state index in [2.05, 4.69) is 5.32 Å². The van der Waals surface area contributed by atoms with E-state index >= 15 is 0 Å². The molecule has 0 bridgehead atoms. The van der Waals surface area contributed by atoms with Crippen LogP contribution in [0.2, 0.25) is 5.02 Å². The third-order valence-corrected chi connectivity index (χ3v) is 2.57. The van der Waals surface area contributed by atoms with Crippen LogP contribution in [0, 0.1) is 17.1 Å². The number of carbonyl (C=O) groups excluding carboxylic acids is 1. The van der Waals surface area contributed by atoms with Crippen molar-refractivity contribution in [3.63, 3.8) is 0 Å². The molecule has 6 heteroatoms. The molecule has 0 saturated carbocycles. The topological polar surface area (TPSA) is 62.1 Å². The maximum absolute atomic E-state index is 13.5. The summed E-state index contributed by atoms with van der Waals surface area (Å²) >= 11 is 5.82. The van der Waals surface area contributed by atoms with Crippen LogP contribution in [0.3, 0.4) is 0 Å². The standard InChI is InChI=1S/C13H12ClFN2O2/c1-19-6-5-17-13(18)9(8-16)7-10-11(14)3-2-4-12(10)15/h2-4,7H,5-6H2,1H3,(H,17,18). The molecule has 19 heavy (non-hydrogen) atoms. The molecular formula is C13H12ClFN2O2. The predicted octanol–water partition coefficient (Wildman–Crippen LogP) is 2.15. The van der Waals surface area contributed by atoms with Gasteiger partial charge in [0.1, 0.15) is 17.5 Å². The third kappa shape index (κ3) is 4.36. The van der Waals surface area contributed by atoms with E-state index in [1.807, 2.05) is 0 Å². The van der Waals surface area contributed by atoms with Crippen LogP contribution in [0.5, 0.6) is 0 Å². The van der Waals surface area contributed by atoms with Crippen molar-refractivity contribution in [2.24, 2.45) is 0 Å². The predicted molar refractivity (Wildman–Crippen MR) is 69.9 cm³/mol. The second-order valence-corrected chi connectivity index (χ2v) is 3.96. The van der Waals surface area contributed by atoms with Crippen LogP contribution < -0.4 is 5.32 Å². The number of rotatable bonds is 5. The molecule has 0 saturated heterocycles. The number of ether oxygens (including phenoxy) is 1. The average molecular weight is 283 g/mol. The van der Waals surface area contributed by atoms with Gasteiger partial charge < -0.3 is 10.1 Å². The Morgan fingerprint density at radius 3 is 2.95 bits per heavy atom. The Bertz CT molecular complexity index is 518. The first-order valence-electron chi connectivity index (χ1n) is 5.43. The van der Waals surface area contributed by atoms with Gasteiger partial charge in [0.25, 0.3) is 5.91 Å². The first-order valence-corrected chi connectivity index (χ1v) is 5.81. The maximum Gasteiger partial charge on any atom is 0.262 e. The summed E-state index contributed by atoms with van der Waals surface area (Å²) in [7, 11) is 1.49. The molecule has 0 aliphatic heterocycles. The van der Waals surface area contributed by atoms with E-state index in [0.29, 0.717) is 6.61 Å². The lowest BCUT2D eigenvalue weighted by molar-refractivity contribution is -0.117. The average Bonchev–Trinajstić information content (AvgIpc) is 2.38. The van der Waals surface area contributed by atoms with E-state index in [1.54, 1.807) is 6.07 Å². The third-order valence-electron chi connectivity index (χ3n) is 2.25. The number of amides is 1. The van der Waals surface area contributed by atoms with E-state index in [1.165, 1.54) is 25.3 Å². The van der Waals surface area contributed by atoms with Gasteiger partial charge >= 0.3 is 0 Å². The van der Waals surface area contributed by atoms with Crippen LogP contribution in [0.1, 0.15) is 5.56 Å². The molecule has 0 spiro atoms. The molecule has 0 heterocycles. The number of hydrogen-bond donors (Lipinski definition) is 1. The molecule has 0 atom stereocenters. The van der Waals surface area contributed by atoms with E-state index in [0.717, 1.165) is 6.08 Å². The van der Waals surface area contributed by atoms with Crippen molar-refractivity contribution in [1.29, 1.82) is 5.26 Å². The minimum Gasteiger partial charge on any atom is -0.383 e. The first kappa shape index (κ1) is 15.2. The van der Waals surface area contributed by atoms with Crippen LogP contribution >= 0.6 is 11.6 Å². The number of hydrogen-bond acceptors (Lipinski definition) is 3. The summed E-state index contributed by atoms with van der Waals surface area (Å²) in [5.74, 6) is -1.19. The number of carbonyl (C=O) groups is 1. The van der Waals surface area contributed by atoms with E-state index in [4.69, 9.17) is 21.6 Å². The number of nitriles is 1. The summed E-state index contributed by atoms with van der Waals surface area (Å²) in [5, 5.41) is 11.5. The largest absolute Gasteiger partial charge is 0.383 e. The number of nitrogens with one attached hydrogen (secondary N) is 1. The molecule has 1 amide bonds. The van der Waals surface area contributed by atoms with Gasteiger partial charge in [-0.25, -0.2) is 4.39 Å². The van der Waals surface area contributed by atoms with Crippen molar-refractivity contribution in [2.45, 2.75) is 0 Å². The lowest BCUT2D eigenvalue weighted by atomic mass is 10.1. The quantitative estimate of drug-likeness (QED) is 0.511. The van der Waals surface area contributed by atoms with Gasteiger partial charge in [-0.2, -0.15) is 5.26 Å². The minimum atomic E-state index is -0.598. The minimum absolute atomic E-state index is 0.0163. The summed E-state index contributed by atoms with van der Waals surface area (Å²) < 4.78 is 18.3. The van der Waals surface area contributed by atoms with Gasteiger partial charge in [-0.3, -0.25) is 4.79 Å². The molecule has 0 radical (unpaired) electrons. The van der Waals surface area contributed by atoms with E-state index < -0.39 is 11.7 Å². The summed E-state index contributed by atoms with van der Waals surface area (Å²) in [6.45, 7) is 0.588. The Hall–Kier alpha value is -1.90. The van der Waals surface area contributed by atoms with Crippen LogP contribution in [0.4, 0.5) is 4.39 Å². The highest BCUT2D eigenvalue weighted by atomic mass is 35.5. The molecule has 4 nitrogen and oxygen atoms in total. The van der Waals surface area contributed by atoms with Gasteiger partial charge in [0.2, 0.25) is 0 Å². The van der Waals surface area contributed by atoms with Crippen LogP contribution in [0.25, 0.3) is 6.08 Å². The van der Waals surface area contributed by atoms with Gasteiger partial charge in [-0.05, 0) is 18.2 Å². The molecule has 1 aromatic rings. The summed E-state index contributed by atoms with van der Waals surface area (Å²) in [4.78, 5) is 11.7. The van der Waals surface area contributed by atoms with Crippen molar-refractivity contribution >= 4 is 23.6 Å². The lowest BCUT2D eigenvalue weighted by Crippen LogP contribution is -2.27. The smallest absolute Gasteiger partial charge is 0.262 e. The molecule has 1 aromatic carbocycles. The Morgan fingerprint density at radius 2 is 2.37 bits per heavy atom. The fraction of sp³-hybridized carbons (Fsp3) is 0.231. The van der Waals surface area contributed by atoms with E-state index in [9.17, 15) is 9.18 Å².